The van der Waals surface area contributed by atoms with Crippen molar-refractivity contribution < 1.29 is 13.6 Å². The van der Waals surface area contributed by atoms with Gasteiger partial charge in [0.1, 0.15) is 17.5 Å². The molecular weight excluding hydrogens is 446 g/mol. The molecule has 0 N–H and O–H groups in total. The lowest BCUT2D eigenvalue weighted by Gasteiger charge is -2.11. The molecule has 0 unspecified atom stereocenters. The first-order valence-electron chi connectivity index (χ1n) is 11.3. The molecule has 5 aromatic rings. The Morgan fingerprint density at radius 2 is 1.43 bits per heavy atom. The van der Waals surface area contributed by atoms with Crippen LogP contribution in [0.1, 0.15) is 29.0 Å². The van der Waals surface area contributed by atoms with E-state index in [9.17, 15) is 13.6 Å². The molecule has 35 heavy (non-hydrogen) atoms. The average Bonchev–Trinajstić information content (AvgIpc) is 3.28. The second-order valence-corrected chi connectivity index (χ2v) is 8.37. The quantitative estimate of drug-likeness (QED) is 0.268. The number of aromatic nitrogens is 4. The molecule has 0 aliphatic rings. The Kier molecular flexibility index (Phi) is 6.14. The molecule has 0 bridgehead atoms. The number of halogens is 2. The predicted molar refractivity (Wildman–Crippen MR) is 131 cm³/mol. The van der Waals surface area contributed by atoms with Crippen molar-refractivity contribution >= 4 is 16.8 Å². The Hall–Kier alpha value is -4.26. The van der Waals surface area contributed by atoms with Crippen molar-refractivity contribution in [2.24, 2.45) is 7.05 Å². The van der Waals surface area contributed by atoms with E-state index in [-0.39, 0.29) is 17.4 Å². The van der Waals surface area contributed by atoms with E-state index in [1.165, 1.54) is 24.3 Å². The molecule has 3 aromatic carbocycles. The van der Waals surface area contributed by atoms with E-state index in [0.29, 0.717) is 52.0 Å². The number of hydrogen-bond donors (Lipinski definition) is 0. The molecule has 174 valence electrons. The van der Waals surface area contributed by atoms with E-state index < -0.39 is 0 Å². The van der Waals surface area contributed by atoms with E-state index in [1.807, 2.05) is 17.8 Å². The van der Waals surface area contributed by atoms with Gasteiger partial charge in [-0.25, -0.2) is 23.7 Å². The highest BCUT2D eigenvalue weighted by Crippen LogP contribution is 2.31. The molecule has 0 radical (unpaired) electrons. The Morgan fingerprint density at radius 3 is 2.00 bits per heavy atom. The van der Waals surface area contributed by atoms with Gasteiger partial charge in [0.15, 0.2) is 5.78 Å². The van der Waals surface area contributed by atoms with Gasteiger partial charge in [0.25, 0.3) is 0 Å². The van der Waals surface area contributed by atoms with Crippen molar-refractivity contribution in [3.05, 3.63) is 102 Å². The first kappa shape index (κ1) is 22.5. The molecule has 0 atom stereocenters. The summed E-state index contributed by atoms with van der Waals surface area (Å²) in [7, 11) is 1.94. The number of ketones is 1. The maximum absolute atomic E-state index is 13.6. The SMILES string of the molecule is Cn1ccnc1CCCC(=O)c1ccc2nc(-c3ccc(F)cc3)c(-c3ccc(F)cc3)nc2c1. The van der Waals surface area contributed by atoms with Crippen LogP contribution >= 0.6 is 0 Å². The molecule has 0 spiro atoms. The van der Waals surface area contributed by atoms with Gasteiger partial charge < -0.3 is 4.57 Å². The number of Topliss-reactive ketones (excluding diaryl/α,β-unsaturated/α-hetero) is 1. The lowest BCUT2D eigenvalue weighted by Crippen LogP contribution is -2.03. The zero-order valence-corrected chi connectivity index (χ0v) is 19.1. The van der Waals surface area contributed by atoms with Crippen LogP contribution in [0.5, 0.6) is 0 Å². The highest BCUT2D eigenvalue weighted by Gasteiger charge is 2.15. The first-order valence-corrected chi connectivity index (χ1v) is 11.3. The zero-order valence-electron chi connectivity index (χ0n) is 19.1. The van der Waals surface area contributed by atoms with Crippen molar-refractivity contribution in [2.45, 2.75) is 19.3 Å². The smallest absolute Gasteiger partial charge is 0.162 e. The lowest BCUT2D eigenvalue weighted by atomic mass is 10.0. The third-order valence-electron chi connectivity index (χ3n) is 5.95. The molecule has 5 nitrogen and oxygen atoms in total. The highest BCUT2D eigenvalue weighted by atomic mass is 19.1. The molecule has 0 aliphatic heterocycles. The van der Waals surface area contributed by atoms with Crippen LogP contribution in [0.4, 0.5) is 8.78 Å². The van der Waals surface area contributed by atoms with Gasteiger partial charge >= 0.3 is 0 Å². The first-order chi connectivity index (χ1) is 17.0. The van der Waals surface area contributed by atoms with Gasteiger partial charge in [0.05, 0.1) is 22.4 Å². The normalized spacial score (nSPS) is 11.2. The minimum atomic E-state index is -0.357. The van der Waals surface area contributed by atoms with Crippen molar-refractivity contribution in [3.8, 4) is 22.5 Å². The number of rotatable bonds is 7. The van der Waals surface area contributed by atoms with Gasteiger partial charge in [-0.15, -0.1) is 0 Å². The third-order valence-corrected chi connectivity index (χ3v) is 5.95. The molecule has 0 saturated carbocycles. The van der Waals surface area contributed by atoms with Gasteiger partial charge in [-0.2, -0.15) is 0 Å². The Morgan fingerprint density at radius 1 is 0.829 bits per heavy atom. The molecule has 0 aliphatic carbocycles. The molecule has 0 amide bonds. The predicted octanol–water partition coefficient (Wildman–Crippen LogP) is 6.18. The van der Waals surface area contributed by atoms with Crippen LogP contribution in [0, 0.1) is 11.6 Å². The number of carbonyl (C=O) groups excluding carboxylic acids is 1. The number of aryl methyl sites for hydroxylation is 2. The Balaban J connectivity index is 1.49. The molecule has 2 heterocycles. The summed E-state index contributed by atoms with van der Waals surface area (Å²) in [5.41, 5.74) is 4.18. The molecule has 7 heteroatoms. The van der Waals surface area contributed by atoms with Crippen LogP contribution < -0.4 is 0 Å². The zero-order chi connectivity index (χ0) is 24.4. The summed E-state index contributed by atoms with van der Waals surface area (Å²) >= 11 is 0. The van der Waals surface area contributed by atoms with E-state index in [0.717, 1.165) is 12.2 Å². The van der Waals surface area contributed by atoms with Gasteiger partial charge in [-0.3, -0.25) is 4.79 Å². The molecule has 0 saturated heterocycles. The van der Waals surface area contributed by atoms with Crippen LogP contribution in [0.25, 0.3) is 33.5 Å². The van der Waals surface area contributed by atoms with Crippen LogP contribution in [-0.4, -0.2) is 25.3 Å². The summed E-state index contributed by atoms with van der Waals surface area (Å²) in [6.07, 6.45) is 5.44. The van der Waals surface area contributed by atoms with Crippen LogP contribution in [0.3, 0.4) is 0 Å². The fraction of sp³-hybridized carbons (Fsp3) is 0.143. The van der Waals surface area contributed by atoms with E-state index >= 15 is 0 Å². The summed E-state index contributed by atoms with van der Waals surface area (Å²) in [6, 6.07) is 17.2. The number of fused-ring (bicyclic) bond motifs is 1. The minimum Gasteiger partial charge on any atom is -0.338 e. The van der Waals surface area contributed by atoms with E-state index in [2.05, 4.69) is 4.98 Å². The van der Waals surface area contributed by atoms with Crippen LogP contribution in [0.15, 0.2) is 79.1 Å². The standard InChI is InChI=1S/C28H22F2N4O/c1-34-16-15-31-26(34)4-2-3-25(35)20-9-14-23-24(17-20)33-28(19-7-12-22(30)13-8-19)27(32-23)18-5-10-21(29)11-6-18/h5-17H,2-4H2,1H3. The maximum atomic E-state index is 13.6. The van der Waals surface area contributed by atoms with Gasteiger partial charge in [-0.1, -0.05) is 0 Å². The summed E-state index contributed by atoms with van der Waals surface area (Å²) in [5.74, 6) is 0.259. The van der Waals surface area contributed by atoms with Gasteiger partial charge in [0.2, 0.25) is 0 Å². The Bertz CT molecular complexity index is 1510. The average molecular weight is 469 g/mol. The molecule has 0 fully saturated rings. The maximum Gasteiger partial charge on any atom is 0.162 e. The second kappa shape index (κ2) is 9.54. The molecule has 5 rings (SSSR count). The topological polar surface area (TPSA) is 60.7 Å². The largest absolute Gasteiger partial charge is 0.338 e. The van der Waals surface area contributed by atoms with Crippen molar-refractivity contribution in [2.75, 3.05) is 0 Å². The second-order valence-electron chi connectivity index (χ2n) is 8.37. The summed E-state index contributed by atoms with van der Waals surface area (Å²) in [4.78, 5) is 26.7. The Labute approximate surface area is 201 Å². The highest BCUT2D eigenvalue weighted by molar-refractivity contribution is 5.99. The van der Waals surface area contributed by atoms with E-state index in [1.54, 1.807) is 48.7 Å². The van der Waals surface area contributed by atoms with Gasteiger partial charge in [-0.05, 0) is 73.2 Å². The fourth-order valence-corrected chi connectivity index (χ4v) is 4.03. The summed E-state index contributed by atoms with van der Waals surface area (Å²) < 4.78 is 29.0. The number of nitrogens with zero attached hydrogens (tertiary/aromatic N) is 4. The lowest BCUT2D eigenvalue weighted by molar-refractivity contribution is 0.0980. The van der Waals surface area contributed by atoms with Crippen molar-refractivity contribution in [1.29, 1.82) is 0 Å². The van der Waals surface area contributed by atoms with Crippen LogP contribution in [-0.2, 0) is 13.5 Å². The number of imidazole rings is 1. The third kappa shape index (κ3) is 4.84. The number of benzene rings is 3. The minimum absolute atomic E-state index is 0.0221. The van der Waals surface area contributed by atoms with Gasteiger partial charge in [0, 0.05) is 49.0 Å². The van der Waals surface area contributed by atoms with Crippen molar-refractivity contribution in [1.82, 2.24) is 19.5 Å². The summed E-state index contributed by atoms with van der Waals surface area (Å²) in [5, 5.41) is 0. The van der Waals surface area contributed by atoms with E-state index in [4.69, 9.17) is 9.97 Å². The molecular formula is C28H22F2N4O. The van der Waals surface area contributed by atoms with Crippen LogP contribution in [0.2, 0.25) is 0 Å². The molecule has 2 aromatic heterocycles. The fourth-order valence-electron chi connectivity index (χ4n) is 4.03. The number of carbonyl (C=O) groups is 1. The summed E-state index contributed by atoms with van der Waals surface area (Å²) in [6.45, 7) is 0. The van der Waals surface area contributed by atoms with Crippen molar-refractivity contribution in [3.63, 3.8) is 0 Å². The monoisotopic (exact) mass is 468 g/mol. The number of hydrogen-bond acceptors (Lipinski definition) is 4.